The van der Waals surface area contributed by atoms with Crippen molar-refractivity contribution in [3.05, 3.63) is 70.2 Å². The number of fused-ring (bicyclic) bond motifs is 1. The van der Waals surface area contributed by atoms with Crippen LogP contribution in [0.25, 0.3) is 11.3 Å². The molecule has 7 heteroatoms. The number of aromatic amines is 1. The van der Waals surface area contributed by atoms with Gasteiger partial charge in [-0.3, -0.25) is 9.89 Å². The van der Waals surface area contributed by atoms with Crippen molar-refractivity contribution in [1.29, 1.82) is 0 Å². The highest BCUT2D eigenvalue weighted by Crippen LogP contribution is 2.42. The van der Waals surface area contributed by atoms with Crippen molar-refractivity contribution in [2.75, 3.05) is 5.32 Å². The third kappa shape index (κ3) is 2.68. The van der Waals surface area contributed by atoms with Crippen LogP contribution >= 0.6 is 11.6 Å². The van der Waals surface area contributed by atoms with Crippen molar-refractivity contribution in [2.24, 2.45) is 0 Å². The fraction of sp³-hybridized carbons (Fsp3) is 0.111. The van der Waals surface area contributed by atoms with Crippen LogP contribution < -0.4 is 5.32 Å². The van der Waals surface area contributed by atoms with Gasteiger partial charge in [-0.25, -0.2) is 8.78 Å². The van der Waals surface area contributed by atoms with Crippen molar-refractivity contribution < 1.29 is 13.6 Å². The van der Waals surface area contributed by atoms with Crippen LogP contribution in [0.5, 0.6) is 0 Å². The summed E-state index contributed by atoms with van der Waals surface area (Å²) in [5, 5.41) is 10.3. The maximum atomic E-state index is 14.3. The normalized spacial score (nSPS) is 16.4. The third-order valence-corrected chi connectivity index (χ3v) is 4.54. The number of aromatic nitrogens is 2. The molecule has 4 nitrogen and oxygen atoms in total. The van der Waals surface area contributed by atoms with Crippen molar-refractivity contribution in [3.63, 3.8) is 0 Å². The maximum Gasteiger partial charge on any atom is 0.226 e. The topological polar surface area (TPSA) is 57.8 Å². The lowest BCUT2D eigenvalue weighted by atomic mass is 9.84. The van der Waals surface area contributed by atoms with Gasteiger partial charge in [-0.15, -0.1) is 0 Å². The van der Waals surface area contributed by atoms with Crippen LogP contribution in [0.15, 0.2) is 42.5 Å². The second kappa shape index (κ2) is 5.97. The molecule has 2 aromatic carbocycles. The molecule has 126 valence electrons. The molecule has 2 N–H and O–H groups in total. The minimum absolute atomic E-state index is 0.00744. The summed E-state index contributed by atoms with van der Waals surface area (Å²) in [5.41, 5.74) is 2.19. The summed E-state index contributed by atoms with van der Waals surface area (Å²) in [6.45, 7) is 0. The number of amides is 1. The smallest absolute Gasteiger partial charge is 0.226 e. The Morgan fingerprint density at radius 3 is 2.64 bits per heavy atom. The van der Waals surface area contributed by atoms with Crippen molar-refractivity contribution in [1.82, 2.24) is 10.2 Å². The van der Waals surface area contributed by atoms with E-state index in [9.17, 15) is 13.6 Å². The van der Waals surface area contributed by atoms with Gasteiger partial charge in [0, 0.05) is 28.5 Å². The molecule has 4 rings (SSSR count). The lowest BCUT2D eigenvalue weighted by Gasteiger charge is -2.24. The molecule has 1 unspecified atom stereocenters. The zero-order valence-electron chi connectivity index (χ0n) is 12.8. The Hall–Kier alpha value is -2.73. The number of H-pyrrole nitrogens is 1. The molecular weight excluding hydrogens is 348 g/mol. The van der Waals surface area contributed by atoms with E-state index in [1.165, 1.54) is 12.1 Å². The molecule has 1 aromatic heterocycles. The van der Waals surface area contributed by atoms with Gasteiger partial charge in [0.1, 0.15) is 0 Å². The number of anilines is 1. The molecule has 0 saturated heterocycles. The summed E-state index contributed by atoms with van der Waals surface area (Å²) in [6, 6.07) is 11.0. The van der Waals surface area contributed by atoms with Gasteiger partial charge in [-0.05, 0) is 23.8 Å². The van der Waals surface area contributed by atoms with E-state index in [4.69, 9.17) is 11.6 Å². The van der Waals surface area contributed by atoms with Crippen LogP contribution in [0.3, 0.4) is 0 Å². The predicted molar refractivity (Wildman–Crippen MR) is 90.5 cm³/mol. The van der Waals surface area contributed by atoms with Gasteiger partial charge in [-0.2, -0.15) is 5.10 Å². The Balaban J connectivity index is 1.90. The Bertz CT molecular complexity index is 969. The van der Waals surface area contributed by atoms with Crippen molar-refractivity contribution in [3.8, 4) is 11.3 Å². The molecule has 25 heavy (non-hydrogen) atoms. The van der Waals surface area contributed by atoms with Crippen LogP contribution in [0.1, 0.15) is 23.5 Å². The number of nitrogens with zero attached hydrogens (tertiary/aromatic N) is 1. The van der Waals surface area contributed by atoms with E-state index in [1.54, 1.807) is 24.3 Å². The number of nitrogens with one attached hydrogen (secondary N) is 2. The fourth-order valence-electron chi connectivity index (χ4n) is 3.15. The minimum Gasteiger partial charge on any atom is -0.309 e. The molecule has 1 aliphatic heterocycles. The third-order valence-electron chi connectivity index (χ3n) is 4.29. The molecule has 0 spiro atoms. The Kier molecular flexibility index (Phi) is 3.77. The summed E-state index contributed by atoms with van der Waals surface area (Å²) in [5.74, 6) is -2.49. The zero-order valence-corrected chi connectivity index (χ0v) is 13.6. The first kappa shape index (κ1) is 15.8. The van der Waals surface area contributed by atoms with Crippen LogP contribution in [0, 0.1) is 11.6 Å². The van der Waals surface area contributed by atoms with E-state index in [-0.39, 0.29) is 17.9 Å². The average molecular weight is 360 g/mol. The first-order chi connectivity index (χ1) is 12.0. The number of hydrogen-bond donors (Lipinski definition) is 2. The Morgan fingerprint density at radius 2 is 1.88 bits per heavy atom. The van der Waals surface area contributed by atoms with E-state index < -0.39 is 17.6 Å². The maximum absolute atomic E-state index is 14.3. The second-order valence-electron chi connectivity index (χ2n) is 5.82. The fourth-order valence-corrected chi connectivity index (χ4v) is 3.27. The molecule has 1 atom stereocenters. The Labute approximate surface area is 146 Å². The van der Waals surface area contributed by atoms with Crippen LogP contribution in [-0.4, -0.2) is 16.1 Å². The van der Waals surface area contributed by atoms with E-state index in [1.807, 2.05) is 0 Å². The van der Waals surface area contributed by atoms with Crippen molar-refractivity contribution in [2.45, 2.75) is 12.3 Å². The molecular formula is C18H12ClF2N3O. The molecule has 3 aromatic rings. The first-order valence-electron chi connectivity index (χ1n) is 7.62. The monoisotopic (exact) mass is 359 g/mol. The summed E-state index contributed by atoms with van der Waals surface area (Å²) in [7, 11) is 0. The highest BCUT2D eigenvalue weighted by molar-refractivity contribution is 6.30. The number of benzene rings is 2. The molecule has 1 aliphatic rings. The van der Waals surface area contributed by atoms with E-state index in [2.05, 4.69) is 15.5 Å². The van der Waals surface area contributed by atoms with Gasteiger partial charge in [0.15, 0.2) is 17.5 Å². The number of hydrogen-bond acceptors (Lipinski definition) is 2. The highest BCUT2D eigenvalue weighted by Gasteiger charge is 2.34. The second-order valence-corrected chi connectivity index (χ2v) is 6.25. The molecule has 0 fully saturated rings. The van der Waals surface area contributed by atoms with Crippen LogP contribution in [0.4, 0.5) is 14.6 Å². The predicted octanol–water partition coefficient (Wildman–Crippen LogP) is 4.48. The quantitative estimate of drug-likeness (QED) is 0.708. The van der Waals surface area contributed by atoms with Gasteiger partial charge in [0.05, 0.1) is 5.69 Å². The number of carbonyl (C=O) groups excluding carboxylic acids is 1. The summed E-state index contributed by atoms with van der Waals surface area (Å²) in [6.07, 6.45) is 0.00744. The van der Waals surface area contributed by atoms with Gasteiger partial charge < -0.3 is 5.32 Å². The van der Waals surface area contributed by atoms with Crippen molar-refractivity contribution >= 4 is 23.3 Å². The number of carbonyl (C=O) groups is 1. The molecule has 0 aliphatic carbocycles. The van der Waals surface area contributed by atoms with Crippen LogP contribution in [0.2, 0.25) is 5.02 Å². The minimum atomic E-state index is -0.948. The lowest BCUT2D eigenvalue weighted by Crippen LogP contribution is -2.24. The standard InChI is InChI=1S/C18H12ClF2N3O/c19-10-6-4-9(5-7-10)17-15-12(8-14(25)22-18(15)24-23-17)11-2-1-3-13(20)16(11)21/h1-7,12H,8H2,(H2,22,23,24,25). The highest BCUT2D eigenvalue weighted by atomic mass is 35.5. The average Bonchev–Trinajstić information content (AvgIpc) is 3.01. The first-order valence-corrected chi connectivity index (χ1v) is 8.00. The number of halogens is 3. The van der Waals surface area contributed by atoms with Gasteiger partial charge in [0.25, 0.3) is 0 Å². The lowest BCUT2D eigenvalue weighted by molar-refractivity contribution is -0.116. The van der Waals surface area contributed by atoms with E-state index in [0.29, 0.717) is 22.1 Å². The van der Waals surface area contributed by atoms with E-state index in [0.717, 1.165) is 11.6 Å². The SMILES string of the molecule is O=C1CC(c2cccc(F)c2F)c2c(n[nH]c2-c2ccc(Cl)cc2)N1. The van der Waals surface area contributed by atoms with Crippen LogP contribution in [-0.2, 0) is 4.79 Å². The molecule has 0 saturated carbocycles. The van der Waals surface area contributed by atoms with Gasteiger partial charge in [-0.1, -0.05) is 35.9 Å². The summed E-state index contributed by atoms with van der Waals surface area (Å²) < 4.78 is 28.0. The molecule has 0 bridgehead atoms. The largest absolute Gasteiger partial charge is 0.309 e. The van der Waals surface area contributed by atoms with Gasteiger partial charge in [0.2, 0.25) is 5.91 Å². The number of rotatable bonds is 2. The Morgan fingerprint density at radius 1 is 1.12 bits per heavy atom. The summed E-state index contributed by atoms with van der Waals surface area (Å²) in [4.78, 5) is 12.0. The zero-order chi connectivity index (χ0) is 17.6. The van der Waals surface area contributed by atoms with Gasteiger partial charge >= 0.3 is 0 Å². The molecule has 1 amide bonds. The summed E-state index contributed by atoms with van der Waals surface area (Å²) >= 11 is 5.92. The molecule has 2 heterocycles. The van der Waals surface area contributed by atoms with E-state index >= 15 is 0 Å². The molecule has 0 radical (unpaired) electrons.